The van der Waals surface area contributed by atoms with Gasteiger partial charge >= 0.3 is 0 Å². The highest BCUT2D eigenvalue weighted by Gasteiger charge is 2.36. The molecule has 0 aliphatic carbocycles. The summed E-state index contributed by atoms with van der Waals surface area (Å²) < 4.78 is 24.7. The van der Waals surface area contributed by atoms with Crippen LogP contribution in [0.25, 0.3) is 0 Å². The predicted molar refractivity (Wildman–Crippen MR) is 89.6 cm³/mol. The molecule has 1 fully saturated rings. The maximum atomic E-state index is 12.3. The predicted octanol–water partition coefficient (Wildman–Crippen LogP) is 1.24. The Morgan fingerprint density at radius 3 is 2.78 bits per heavy atom. The van der Waals surface area contributed by atoms with Crippen LogP contribution in [0.5, 0.6) is 0 Å². The first-order valence-corrected chi connectivity index (χ1v) is 9.70. The number of carbonyl (C=O) groups excluding carboxylic acids is 2. The SMILES string of the molecule is O=C(NC1=NCCS1)c1cc(N2C(=O)CCS2(=O)=O)ccc1Cl. The highest BCUT2D eigenvalue weighted by Crippen LogP contribution is 2.29. The van der Waals surface area contributed by atoms with Gasteiger partial charge in [0.1, 0.15) is 0 Å². The van der Waals surface area contributed by atoms with Crippen LogP contribution in [0.3, 0.4) is 0 Å². The molecule has 2 heterocycles. The number of amides is 2. The van der Waals surface area contributed by atoms with Crippen LogP contribution in [0.2, 0.25) is 5.02 Å². The topological polar surface area (TPSA) is 95.9 Å². The van der Waals surface area contributed by atoms with Gasteiger partial charge in [-0.15, -0.1) is 0 Å². The van der Waals surface area contributed by atoms with E-state index in [1.165, 1.54) is 30.0 Å². The lowest BCUT2D eigenvalue weighted by Gasteiger charge is -2.16. The molecule has 7 nitrogen and oxygen atoms in total. The summed E-state index contributed by atoms with van der Waals surface area (Å²) in [6.45, 7) is 0.634. The molecule has 0 atom stereocenters. The van der Waals surface area contributed by atoms with Gasteiger partial charge in [-0.1, -0.05) is 23.4 Å². The number of sulfonamides is 1. The standard InChI is InChI=1S/C13H12ClN3O4S2/c14-10-2-1-8(17-11(18)3-6-23(17,20)21)7-9(10)12(19)16-13-15-4-5-22-13/h1-2,7H,3-6H2,(H,15,16,19). The Morgan fingerprint density at radius 2 is 2.17 bits per heavy atom. The van der Waals surface area contributed by atoms with Crippen molar-refractivity contribution in [2.75, 3.05) is 22.4 Å². The maximum Gasteiger partial charge on any atom is 0.258 e. The summed E-state index contributed by atoms with van der Waals surface area (Å²) >= 11 is 7.45. The third kappa shape index (κ3) is 3.22. The van der Waals surface area contributed by atoms with Gasteiger partial charge in [-0.3, -0.25) is 14.6 Å². The second-order valence-corrected chi connectivity index (χ2v) is 8.31. The van der Waals surface area contributed by atoms with Crippen LogP contribution in [0, 0.1) is 0 Å². The molecule has 10 heteroatoms. The summed E-state index contributed by atoms with van der Waals surface area (Å²) in [7, 11) is -3.69. The van der Waals surface area contributed by atoms with E-state index in [-0.39, 0.29) is 28.4 Å². The molecule has 3 rings (SSSR count). The number of nitrogens with zero attached hydrogens (tertiary/aromatic N) is 2. The molecule has 0 unspecified atom stereocenters. The Bertz CT molecular complexity index is 823. The van der Waals surface area contributed by atoms with E-state index >= 15 is 0 Å². The number of carbonyl (C=O) groups is 2. The van der Waals surface area contributed by atoms with Gasteiger partial charge < -0.3 is 5.32 Å². The smallest absolute Gasteiger partial charge is 0.258 e. The molecule has 2 aliphatic heterocycles. The van der Waals surface area contributed by atoms with Gasteiger partial charge in [-0.2, -0.15) is 0 Å². The summed E-state index contributed by atoms with van der Waals surface area (Å²) in [5, 5.41) is 3.29. The molecule has 1 saturated heterocycles. The Kier molecular flexibility index (Phi) is 4.35. The van der Waals surface area contributed by atoms with Crippen molar-refractivity contribution in [3.05, 3.63) is 28.8 Å². The van der Waals surface area contributed by atoms with Crippen molar-refractivity contribution in [2.24, 2.45) is 4.99 Å². The van der Waals surface area contributed by atoms with Gasteiger partial charge in [0.05, 0.1) is 28.6 Å². The van der Waals surface area contributed by atoms with E-state index in [1.807, 2.05) is 0 Å². The third-order valence-corrected chi connectivity index (χ3v) is 6.23. The van der Waals surface area contributed by atoms with E-state index in [0.29, 0.717) is 11.7 Å². The number of amidine groups is 1. The Hall–Kier alpha value is -1.58. The minimum absolute atomic E-state index is 0.0695. The number of aliphatic imine (C=N–C) groups is 1. The molecule has 23 heavy (non-hydrogen) atoms. The Labute approximate surface area is 142 Å². The van der Waals surface area contributed by atoms with E-state index in [2.05, 4.69) is 10.3 Å². The maximum absolute atomic E-state index is 12.3. The molecule has 1 aromatic carbocycles. The number of benzene rings is 1. The molecular weight excluding hydrogens is 362 g/mol. The Balaban J connectivity index is 1.93. The van der Waals surface area contributed by atoms with E-state index in [0.717, 1.165) is 10.1 Å². The lowest BCUT2D eigenvalue weighted by Crippen LogP contribution is -2.31. The van der Waals surface area contributed by atoms with Crippen LogP contribution in [0.1, 0.15) is 16.8 Å². The van der Waals surface area contributed by atoms with Crippen molar-refractivity contribution in [3.63, 3.8) is 0 Å². The van der Waals surface area contributed by atoms with E-state index < -0.39 is 21.8 Å². The number of nitrogens with one attached hydrogen (secondary N) is 1. The molecular formula is C13H12ClN3O4S2. The first kappa shape index (κ1) is 16.3. The summed E-state index contributed by atoms with van der Waals surface area (Å²) in [4.78, 5) is 28.2. The van der Waals surface area contributed by atoms with E-state index in [9.17, 15) is 18.0 Å². The normalized spacial score (nSPS) is 19.8. The second kappa shape index (κ2) is 6.14. The Morgan fingerprint density at radius 1 is 1.39 bits per heavy atom. The molecule has 1 N–H and O–H groups in total. The largest absolute Gasteiger partial charge is 0.301 e. The van der Waals surface area contributed by atoms with Crippen LogP contribution in [-0.4, -0.2) is 43.5 Å². The van der Waals surface area contributed by atoms with Gasteiger partial charge in [0.25, 0.3) is 5.91 Å². The minimum atomic E-state index is -3.69. The van der Waals surface area contributed by atoms with Crippen molar-refractivity contribution in [2.45, 2.75) is 6.42 Å². The highest BCUT2D eigenvalue weighted by atomic mass is 35.5. The molecule has 2 amide bonds. The van der Waals surface area contributed by atoms with Crippen LogP contribution >= 0.6 is 23.4 Å². The number of hydrogen-bond donors (Lipinski definition) is 1. The van der Waals surface area contributed by atoms with Crippen molar-refractivity contribution in [1.29, 1.82) is 0 Å². The molecule has 0 aromatic heterocycles. The van der Waals surface area contributed by atoms with Crippen LogP contribution in [-0.2, 0) is 14.8 Å². The fourth-order valence-electron chi connectivity index (χ4n) is 2.26. The van der Waals surface area contributed by atoms with Crippen LogP contribution < -0.4 is 9.62 Å². The third-order valence-electron chi connectivity index (χ3n) is 3.31. The fraction of sp³-hybridized carbons (Fsp3) is 0.308. The molecule has 0 spiro atoms. The monoisotopic (exact) mass is 373 g/mol. The molecule has 0 bridgehead atoms. The van der Waals surface area contributed by atoms with Gasteiger partial charge in [0, 0.05) is 12.2 Å². The van der Waals surface area contributed by atoms with Crippen molar-refractivity contribution >= 4 is 56.1 Å². The zero-order valence-electron chi connectivity index (χ0n) is 11.8. The number of rotatable bonds is 2. The summed E-state index contributed by atoms with van der Waals surface area (Å²) in [6, 6.07) is 4.11. The molecule has 0 radical (unpaired) electrons. The zero-order chi connectivity index (χ0) is 16.6. The first-order valence-electron chi connectivity index (χ1n) is 6.72. The summed E-state index contributed by atoms with van der Waals surface area (Å²) in [6.07, 6.45) is -0.0695. The van der Waals surface area contributed by atoms with Gasteiger partial charge in [0.15, 0.2) is 5.17 Å². The highest BCUT2D eigenvalue weighted by molar-refractivity contribution is 8.14. The van der Waals surface area contributed by atoms with Gasteiger partial charge in [0.2, 0.25) is 15.9 Å². The number of thioether (sulfide) groups is 1. The average molecular weight is 374 g/mol. The summed E-state index contributed by atoms with van der Waals surface area (Å²) in [5.74, 6) is -0.448. The zero-order valence-corrected chi connectivity index (χ0v) is 14.2. The number of anilines is 1. The van der Waals surface area contributed by atoms with Crippen molar-refractivity contribution < 1.29 is 18.0 Å². The van der Waals surface area contributed by atoms with Gasteiger partial charge in [-0.25, -0.2) is 12.7 Å². The average Bonchev–Trinajstić information content (AvgIpc) is 3.08. The number of halogens is 1. The number of hydrogen-bond acceptors (Lipinski definition) is 6. The lowest BCUT2D eigenvalue weighted by molar-refractivity contribution is -0.116. The van der Waals surface area contributed by atoms with Crippen LogP contribution in [0.15, 0.2) is 23.2 Å². The van der Waals surface area contributed by atoms with Gasteiger partial charge in [-0.05, 0) is 18.2 Å². The van der Waals surface area contributed by atoms with Crippen molar-refractivity contribution in [3.8, 4) is 0 Å². The van der Waals surface area contributed by atoms with E-state index in [1.54, 1.807) is 0 Å². The van der Waals surface area contributed by atoms with Crippen LogP contribution in [0.4, 0.5) is 5.69 Å². The van der Waals surface area contributed by atoms with E-state index in [4.69, 9.17) is 11.6 Å². The molecule has 1 aromatic rings. The molecule has 2 aliphatic rings. The van der Waals surface area contributed by atoms with Crippen molar-refractivity contribution in [1.82, 2.24) is 5.32 Å². The lowest BCUT2D eigenvalue weighted by atomic mass is 10.2. The quantitative estimate of drug-likeness (QED) is 0.841. The fourth-order valence-corrected chi connectivity index (χ4v) is 4.64. The minimum Gasteiger partial charge on any atom is -0.301 e. The second-order valence-electron chi connectivity index (χ2n) is 4.88. The molecule has 0 saturated carbocycles. The summed E-state index contributed by atoms with van der Waals surface area (Å²) in [5.41, 5.74) is 0.206. The first-order chi connectivity index (χ1) is 10.9. The molecule has 122 valence electrons.